The Kier molecular flexibility index (Phi) is 5.35. The van der Waals surface area contributed by atoms with E-state index < -0.39 is 0 Å². The van der Waals surface area contributed by atoms with Crippen molar-refractivity contribution >= 4 is 0 Å². The van der Waals surface area contributed by atoms with Crippen LogP contribution in [-0.4, -0.2) is 27.7 Å². The summed E-state index contributed by atoms with van der Waals surface area (Å²) in [5, 5.41) is 13.0. The van der Waals surface area contributed by atoms with Gasteiger partial charge in [0, 0.05) is 31.2 Å². The molecule has 1 aromatic rings. The van der Waals surface area contributed by atoms with Crippen LogP contribution in [0.4, 0.5) is 0 Å². The molecule has 1 aromatic heterocycles. The second-order valence-corrected chi connectivity index (χ2v) is 4.54. The molecular weight excluding hydrogens is 202 g/mol. The molecule has 2 unspecified atom stereocenters. The van der Waals surface area contributed by atoms with E-state index in [9.17, 15) is 5.11 Å². The van der Waals surface area contributed by atoms with E-state index in [2.05, 4.69) is 29.1 Å². The minimum absolute atomic E-state index is 0.121. The molecule has 0 saturated carbocycles. The normalized spacial score (nSPS) is 15.1. The number of rotatable bonds is 6. The van der Waals surface area contributed by atoms with E-state index in [0.717, 1.165) is 12.1 Å². The zero-order chi connectivity index (χ0) is 12.0. The maximum Gasteiger partial charge on any atom is 0.0753 e. The smallest absolute Gasteiger partial charge is 0.0753 e. The predicted octanol–water partition coefficient (Wildman–Crippen LogP) is 1.53. The molecule has 0 aliphatic heterocycles. The van der Waals surface area contributed by atoms with Crippen molar-refractivity contribution in [3.8, 4) is 0 Å². The summed E-state index contributed by atoms with van der Waals surface area (Å²) in [6.45, 7) is 6.83. The van der Waals surface area contributed by atoms with Gasteiger partial charge in [-0.3, -0.25) is 9.97 Å². The topological polar surface area (TPSA) is 58.0 Å². The zero-order valence-corrected chi connectivity index (χ0v) is 10.2. The molecule has 0 fully saturated rings. The molecular formula is C12H21N3O. The van der Waals surface area contributed by atoms with Gasteiger partial charge in [0.25, 0.3) is 0 Å². The van der Waals surface area contributed by atoms with Crippen molar-refractivity contribution in [1.29, 1.82) is 0 Å². The van der Waals surface area contributed by atoms with E-state index in [1.807, 2.05) is 6.92 Å². The Morgan fingerprint density at radius 3 is 2.62 bits per heavy atom. The third-order valence-corrected chi connectivity index (χ3v) is 2.43. The van der Waals surface area contributed by atoms with Crippen LogP contribution in [0.2, 0.25) is 0 Å². The average Bonchev–Trinajstić information content (AvgIpc) is 2.26. The summed E-state index contributed by atoms with van der Waals surface area (Å²) < 4.78 is 0. The van der Waals surface area contributed by atoms with Gasteiger partial charge < -0.3 is 10.4 Å². The molecule has 0 radical (unpaired) electrons. The first-order chi connectivity index (χ1) is 7.59. The third kappa shape index (κ3) is 4.68. The lowest BCUT2D eigenvalue weighted by molar-refractivity contribution is 0.143. The number of nitrogens with one attached hydrogen (secondary N) is 1. The highest BCUT2D eigenvalue weighted by Gasteiger charge is 2.10. The van der Waals surface area contributed by atoms with Crippen LogP contribution in [0.3, 0.4) is 0 Å². The molecule has 0 aliphatic rings. The molecule has 0 aliphatic carbocycles. The Morgan fingerprint density at radius 1 is 1.31 bits per heavy atom. The summed E-state index contributed by atoms with van der Waals surface area (Å²) in [6.07, 6.45) is 5.60. The summed E-state index contributed by atoms with van der Waals surface area (Å²) in [7, 11) is 0. The van der Waals surface area contributed by atoms with Crippen LogP contribution in [0, 0.1) is 5.92 Å². The molecule has 1 heterocycles. The first-order valence-electron chi connectivity index (χ1n) is 5.77. The van der Waals surface area contributed by atoms with E-state index in [4.69, 9.17) is 0 Å². The van der Waals surface area contributed by atoms with Gasteiger partial charge in [-0.05, 0) is 19.3 Å². The molecule has 1 rings (SSSR count). The highest BCUT2D eigenvalue weighted by atomic mass is 16.3. The van der Waals surface area contributed by atoms with Crippen molar-refractivity contribution in [3.63, 3.8) is 0 Å². The minimum atomic E-state index is -0.292. The lowest BCUT2D eigenvalue weighted by atomic mass is 10.1. The van der Waals surface area contributed by atoms with Crippen LogP contribution in [-0.2, 0) is 0 Å². The second kappa shape index (κ2) is 6.55. The number of aromatic nitrogens is 2. The van der Waals surface area contributed by atoms with Crippen LogP contribution in [0.5, 0.6) is 0 Å². The highest BCUT2D eigenvalue weighted by molar-refractivity contribution is 5.00. The Morgan fingerprint density at radius 2 is 2.06 bits per heavy atom. The van der Waals surface area contributed by atoms with Gasteiger partial charge in [-0.25, -0.2) is 0 Å². The highest BCUT2D eigenvalue weighted by Crippen LogP contribution is 2.08. The Hall–Kier alpha value is -1.00. The van der Waals surface area contributed by atoms with Crippen molar-refractivity contribution in [2.24, 2.45) is 5.92 Å². The van der Waals surface area contributed by atoms with Gasteiger partial charge in [0.1, 0.15) is 0 Å². The van der Waals surface area contributed by atoms with E-state index in [1.165, 1.54) is 0 Å². The predicted molar refractivity (Wildman–Crippen MR) is 63.9 cm³/mol. The molecule has 90 valence electrons. The molecule has 0 amide bonds. The molecule has 4 heteroatoms. The SMILES string of the molecule is CC(C)CC(O)CNC(C)c1cnccn1. The third-order valence-electron chi connectivity index (χ3n) is 2.43. The first-order valence-corrected chi connectivity index (χ1v) is 5.77. The Balaban J connectivity index is 2.33. The van der Waals surface area contributed by atoms with E-state index in [-0.39, 0.29) is 12.1 Å². The maximum atomic E-state index is 9.72. The van der Waals surface area contributed by atoms with Crippen LogP contribution in [0.1, 0.15) is 38.9 Å². The zero-order valence-electron chi connectivity index (χ0n) is 10.2. The van der Waals surface area contributed by atoms with E-state index >= 15 is 0 Å². The average molecular weight is 223 g/mol. The monoisotopic (exact) mass is 223 g/mol. The molecule has 0 saturated heterocycles. The summed E-state index contributed by atoms with van der Waals surface area (Å²) >= 11 is 0. The van der Waals surface area contributed by atoms with Gasteiger partial charge in [0.05, 0.1) is 11.8 Å². The van der Waals surface area contributed by atoms with E-state index in [0.29, 0.717) is 12.5 Å². The summed E-state index contributed by atoms with van der Waals surface area (Å²) in [5.74, 6) is 0.517. The van der Waals surface area contributed by atoms with E-state index in [1.54, 1.807) is 18.6 Å². The summed E-state index contributed by atoms with van der Waals surface area (Å²) in [5.41, 5.74) is 0.902. The van der Waals surface area contributed by atoms with Crippen molar-refractivity contribution in [3.05, 3.63) is 24.3 Å². The Bertz CT molecular complexity index is 290. The van der Waals surface area contributed by atoms with Gasteiger partial charge in [0.2, 0.25) is 0 Å². The van der Waals surface area contributed by atoms with Gasteiger partial charge in [-0.2, -0.15) is 0 Å². The number of hydrogen-bond acceptors (Lipinski definition) is 4. The van der Waals surface area contributed by atoms with Crippen LogP contribution in [0.25, 0.3) is 0 Å². The molecule has 2 N–H and O–H groups in total. The lowest BCUT2D eigenvalue weighted by Gasteiger charge is -2.17. The van der Waals surface area contributed by atoms with Crippen LogP contribution >= 0.6 is 0 Å². The summed E-state index contributed by atoms with van der Waals surface area (Å²) in [4.78, 5) is 8.23. The largest absolute Gasteiger partial charge is 0.392 e. The van der Waals surface area contributed by atoms with Crippen molar-refractivity contribution in [2.75, 3.05) is 6.54 Å². The van der Waals surface area contributed by atoms with Gasteiger partial charge in [-0.15, -0.1) is 0 Å². The number of hydrogen-bond donors (Lipinski definition) is 2. The van der Waals surface area contributed by atoms with Gasteiger partial charge in [-0.1, -0.05) is 13.8 Å². The maximum absolute atomic E-state index is 9.72. The second-order valence-electron chi connectivity index (χ2n) is 4.54. The molecule has 0 aromatic carbocycles. The quantitative estimate of drug-likeness (QED) is 0.768. The summed E-state index contributed by atoms with van der Waals surface area (Å²) in [6, 6.07) is 0.121. The fraction of sp³-hybridized carbons (Fsp3) is 0.667. The molecule has 0 spiro atoms. The lowest BCUT2D eigenvalue weighted by Crippen LogP contribution is -2.30. The number of aliphatic hydroxyl groups is 1. The fourth-order valence-corrected chi connectivity index (χ4v) is 1.58. The van der Waals surface area contributed by atoms with Crippen LogP contribution in [0.15, 0.2) is 18.6 Å². The van der Waals surface area contributed by atoms with Gasteiger partial charge in [0.15, 0.2) is 0 Å². The first kappa shape index (κ1) is 13.1. The fourth-order valence-electron chi connectivity index (χ4n) is 1.58. The number of nitrogens with zero attached hydrogens (tertiary/aromatic N) is 2. The molecule has 4 nitrogen and oxygen atoms in total. The Labute approximate surface area is 97.1 Å². The molecule has 16 heavy (non-hydrogen) atoms. The van der Waals surface area contributed by atoms with Gasteiger partial charge >= 0.3 is 0 Å². The van der Waals surface area contributed by atoms with Crippen molar-refractivity contribution in [2.45, 2.75) is 39.3 Å². The van der Waals surface area contributed by atoms with Crippen LogP contribution < -0.4 is 5.32 Å². The van der Waals surface area contributed by atoms with Crippen molar-refractivity contribution < 1.29 is 5.11 Å². The van der Waals surface area contributed by atoms with Crippen molar-refractivity contribution in [1.82, 2.24) is 15.3 Å². The molecule has 2 atom stereocenters. The molecule has 0 bridgehead atoms. The minimum Gasteiger partial charge on any atom is -0.392 e. The standard InChI is InChI=1S/C12H21N3O/c1-9(2)6-11(16)7-15-10(3)12-8-13-4-5-14-12/h4-5,8-11,15-16H,6-7H2,1-3H3. The number of aliphatic hydroxyl groups excluding tert-OH is 1.